The van der Waals surface area contributed by atoms with Gasteiger partial charge in [-0.2, -0.15) is 5.10 Å². The second-order valence-corrected chi connectivity index (χ2v) is 9.07. The number of carbonyl (C=O) groups is 1. The molecule has 148 valence electrons. The van der Waals surface area contributed by atoms with Crippen molar-refractivity contribution in [3.8, 4) is 5.75 Å². The van der Waals surface area contributed by atoms with E-state index in [-0.39, 0.29) is 5.91 Å². The minimum absolute atomic E-state index is 0.258. The molecule has 0 aliphatic rings. The summed E-state index contributed by atoms with van der Waals surface area (Å²) in [6.07, 6.45) is 1.60. The molecule has 4 nitrogen and oxygen atoms in total. The Labute approximate surface area is 205 Å². The lowest BCUT2D eigenvalue weighted by atomic mass is 10.2. The lowest BCUT2D eigenvalue weighted by Gasteiger charge is -2.12. The Morgan fingerprint density at radius 2 is 1.72 bits per heavy atom. The Bertz CT molecular complexity index is 1040. The number of carbonyl (C=O) groups excluding carboxylic acids is 1. The average Bonchev–Trinajstić information content (AvgIpc) is 2.69. The van der Waals surface area contributed by atoms with Gasteiger partial charge in [-0.25, -0.2) is 5.43 Å². The summed E-state index contributed by atoms with van der Waals surface area (Å²) < 4.78 is 7.83. The van der Waals surface area contributed by atoms with Crippen LogP contribution >= 0.6 is 68.4 Å². The molecule has 1 N–H and O–H groups in total. The Morgan fingerprint density at radius 1 is 1.03 bits per heavy atom. The predicted molar refractivity (Wildman–Crippen MR) is 134 cm³/mol. The van der Waals surface area contributed by atoms with Crippen LogP contribution in [0.5, 0.6) is 5.75 Å². The molecule has 0 unspecified atom stereocenters. The minimum Gasteiger partial charge on any atom is -0.487 e. The molecule has 0 radical (unpaired) electrons. The largest absolute Gasteiger partial charge is 0.487 e. The summed E-state index contributed by atoms with van der Waals surface area (Å²) in [5, 5.41) is 5.20. The van der Waals surface area contributed by atoms with Crippen LogP contribution in [-0.4, -0.2) is 12.1 Å². The first kappa shape index (κ1) is 22.3. The number of hydrogen-bond donors (Lipinski definition) is 1. The van der Waals surface area contributed by atoms with E-state index in [1.807, 2.05) is 24.3 Å². The summed E-state index contributed by atoms with van der Waals surface area (Å²) >= 11 is 16.6. The van der Waals surface area contributed by atoms with Crippen molar-refractivity contribution in [2.24, 2.45) is 5.10 Å². The molecule has 8 heteroatoms. The van der Waals surface area contributed by atoms with Gasteiger partial charge in [-0.05, 0) is 87.1 Å². The third kappa shape index (κ3) is 6.31. The molecule has 3 aromatic carbocycles. The van der Waals surface area contributed by atoms with Gasteiger partial charge in [0.1, 0.15) is 12.4 Å². The van der Waals surface area contributed by atoms with Crippen molar-refractivity contribution < 1.29 is 9.53 Å². The van der Waals surface area contributed by atoms with Gasteiger partial charge in [0.25, 0.3) is 5.91 Å². The molecular weight excluding hydrogens is 637 g/mol. The molecular formula is C21H14Cl2I2N2O2. The van der Waals surface area contributed by atoms with Gasteiger partial charge in [-0.3, -0.25) is 4.79 Å². The van der Waals surface area contributed by atoms with E-state index < -0.39 is 0 Å². The van der Waals surface area contributed by atoms with E-state index in [1.165, 1.54) is 0 Å². The van der Waals surface area contributed by atoms with E-state index >= 15 is 0 Å². The lowest BCUT2D eigenvalue weighted by molar-refractivity contribution is 0.0955. The van der Waals surface area contributed by atoms with Gasteiger partial charge >= 0.3 is 0 Å². The predicted octanol–water partition coefficient (Wildman–Crippen LogP) is 6.55. The van der Waals surface area contributed by atoms with E-state index in [0.29, 0.717) is 22.2 Å². The number of hydrazone groups is 1. The smallest absolute Gasteiger partial charge is 0.271 e. The summed E-state index contributed by atoms with van der Waals surface area (Å²) in [6, 6.07) is 18.1. The van der Waals surface area contributed by atoms with E-state index in [0.717, 1.165) is 24.0 Å². The molecule has 29 heavy (non-hydrogen) atoms. The molecule has 0 fully saturated rings. The first-order valence-electron chi connectivity index (χ1n) is 8.38. The number of amides is 1. The van der Waals surface area contributed by atoms with Crippen LogP contribution in [0.4, 0.5) is 0 Å². The fourth-order valence-corrected chi connectivity index (χ4v) is 4.99. The molecule has 0 aromatic heterocycles. The Kier molecular flexibility index (Phi) is 8.16. The van der Waals surface area contributed by atoms with Crippen molar-refractivity contribution in [2.45, 2.75) is 6.61 Å². The molecule has 0 spiro atoms. The topological polar surface area (TPSA) is 50.7 Å². The maximum atomic E-state index is 12.0. The maximum Gasteiger partial charge on any atom is 0.271 e. The van der Waals surface area contributed by atoms with Crippen LogP contribution in [-0.2, 0) is 6.61 Å². The Hall–Kier alpha value is -1.36. The monoisotopic (exact) mass is 650 g/mol. The highest BCUT2D eigenvalue weighted by atomic mass is 127. The van der Waals surface area contributed by atoms with Crippen LogP contribution in [0.2, 0.25) is 10.0 Å². The fourth-order valence-electron chi connectivity index (χ4n) is 2.40. The number of nitrogens with one attached hydrogen (secondary N) is 1. The van der Waals surface area contributed by atoms with Gasteiger partial charge in [0.05, 0.1) is 13.4 Å². The second-order valence-electron chi connectivity index (χ2n) is 5.90. The van der Waals surface area contributed by atoms with E-state index in [9.17, 15) is 4.79 Å². The van der Waals surface area contributed by atoms with Crippen molar-refractivity contribution in [1.82, 2.24) is 5.43 Å². The van der Waals surface area contributed by atoms with Crippen LogP contribution in [0.1, 0.15) is 21.5 Å². The van der Waals surface area contributed by atoms with Gasteiger partial charge in [0, 0.05) is 21.2 Å². The molecule has 3 rings (SSSR count). The molecule has 0 saturated heterocycles. The third-order valence-electron chi connectivity index (χ3n) is 3.82. The lowest BCUT2D eigenvalue weighted by Crippen LogP contribution is -2.17. The first-order chi connectivity index (χ1) is 13.9. The SMILES string of the molecule is O=C(N/N=C\c1cc(I)c(OCc2ccc(Cl)cc2Cl)c(I)c1)c1ccccc1. The highest BCUT2D eigenvalue weighted by Gasteiger charge is 2.10. The zero-order chi connectivity index (χ0) is 20.8. The number of nitrogens with zero attached hydrogens (tertiary/aromatic N) is 1. The Morgan fingerprint density at radius 3 is 2.38 bits per heavy atom. The molecule has 0 bridgehead atoms. The third-order valence-corrected chi connectivity index (χ3v) is 6.01. The normalized spacial score (nSPS) is 10.9. The van der Waals surface area contributed by atoms with Gasteiger partial charge in [-0.15, -0.1) is 0 Å². The molecule has 3 aromatic rings. The molecule has 0 atom stereocenters. The summed E-state index contributed by atoms with van der Waals surface area (Å²) in [7, 11) is 0. The van der Waals surface area contributed by atoms with Gasteiger partial charge in [-0.1, -0.05) is 47.5 Å². The summed E-state index contributed by atoms with van der Waals surface area (Å²) in [6.45, 7) is 0.336. The van der Waals surface area contributed by atoms with E-state index in [4.69, 9.17) is 27.9 Å². The first-order valence-corrected chi connectivity index (χ1v) is 11.3. The zero-order valence-corrected chi connectivity index (χ0v) is 20.7. The summed E-state index contributed by atoms with van der Waals surface area (Å²) in [5.74, 6) is 0.508. The van der Waals surface area contributed by atoms with Crippen molar-refractivity contribution in [2.75, 3.05) is 0 Å². The minimum atomic E-state index is -0.258. The number of hydrogen-bond acceptors (Lipinski definition) is 3. The molecule has 1 amide bonds. The van der Waals surface area contributed by atoms with Gasteiger partial charge < -0.3 is 4.74 Å². The molecule has 0 aliphatic heterocycles. The van der Waals surface area contributed by atoms with Crippen LogP contribution in [0, 0.1) is 7.14 Å². The number of ether oxygens (including phenoxy) is 1. The number of halogens is 4. The number of benzene rings is 3. The van der Waals surface area contributed by atoms with Gasteiger partial charge in [0.15, 0.2) is 0 Å². The van der Waals surface area contributed by atoms with Crippen LogP contribution in [0.3, 0.4) is 0 Å². The number of rotatable bonds is 6. The standard InChI is InChI=1S/C21H14Cl2I2N2O2/c22-16-7-6-15(17(23)10-16)12-29-20-18(24)8-13(9-19(20)25)11-26-27-21(28)14-4-2-1-3-5-14/h1-11H,12H2,(H,27,28)/b26-11-. The molecule has 0 saturated carbocycles. The van der Waals surface area contributed by atoms with E-state index in [2.05, 4.69) is 55.7 Å². The highest BCUT2D eigenvalue weighted by molar-refractivity contribution is 14.1. The summed E-state index contributed by atoms with van der Waals surface area (Å²) in [5.41, 5.74) is 4.79. The van der Waals surface area contributed by atoms with Crippen molar-refractivity contribution >= 4 is 80.5 Å². The highest BCUT2D eigenvalue weighted by Crippen LogP contribution is 2.30. The molecule has 0 aliphatic carbocycles. The van der Waals surface area contributed by atoms with Crippen LogP contribution in [0.15, 0.2) is 65.8 Å². The van der Waals surface area contributed by atoms with Crippen LogP contribution < -0.4 is 10.2 Å². The molecule has 0 heterocycles. The van der Waals surface area contributed by atoms with Gasteiger partial charge in [0.2, 0.25) is 0 Å². The maximum absolute atomic E-state index is 12.0. The van der Waals surface area contributed by atoms with Crippen molar-refractivity contribution in [3.63, 3.8) is 0 Å². The van der Waals surface area contributed by atoms with Crippen LogP contribution in [0.25, 0.3) is 0 Å². The van der Waals surface area contributed by atoms with Crippen molar-refractivity contribution in [1.29, 1.82) is 0 Å². The van der Waals surface area contributed by atoms with Crippen molar-refractivity contribution in [3.05, 3.63) is 94.5 Å². The average molecular weight is 651 g/mol. The van der Waals surface area contributed by atoms with E-state index in [1.54, 1.807) is 42.6 Å². The zero-order valence-electron chi connectivity index (χ0n) is 14.8. The fraction of sp³-hybridized carbons (Fsp3) is 0.0476. The quantitative estimate of drug-likeness (QED) is 0.187. The second kappa shape index (κ2) is 10.6. The summed E-state index contributed by atoms with van der Waals surface area (Å²) in [4.78, 5) is 12.0. The Balaban J connectivity index is 1.66.